The molecule has 2 aromatic heterocycles. The Morgan fingerprint density at radius 1 is 1.00 bits per heavy atom. The van der Waals surface area contributed by atoms with Gasteiger partial charge in [-0.25, -0.2) is 4.98 Å². The standard InChI is InChI=1S/C26H25N3O4/c1-17-8-10-20(11-9-17)29-18(2)14-22(19(29)3)24(30)15-33-25(31)12-13-28-16-27-23-7-5-4-6-21(23)26(28)32/h4-11,14,16H,12-13,15H2,1-3H3. The Labute approximate surface area is 191 Å². The number of rotatable bonds is 7. The number of hydrogen-bond acceptors (Lipinski definition) is 5. The second-order valence-electron chi connectivity index (χ2n) is 8.05. The van der Waals surface area contributed by atoms with Gasteiger partial charge in [-0.05, 0) is 51.1 Å². The topological polar surface area (TPSA) is 83.2 Å². The van der Waals surface area contributed by atoms with Gasteiger partial charge < -0.3 is 9.30 Å². The first kappa shape index (κ1) is 22.2. The van der Waals surface area contributed by atoms with E-state index in [2.05, 4.69) is 4.98 Å². The summed E-state index contributed by atoms with van der Waals surface area (Å²) < 4.78 is 8.58. The minimum absolute atomic E-state index is 0.0321. The van der Waals surface area contributed by atoms with Crippen LogP contribution in [-0.2, 0) is 16.1 Å². The summed E-state index contributed by atoms with van der Waals surface area (Å²) in [6, 6.07) is 16.9. The van der Waals surface area contributed by atoms with E-state index in [1.165, 1.54) is 10.9 Å². The lowest BCUT2D eigenvalue weighted by Crippen LogP contribution is -2.23. The van der Waals surface area contributed by atoms with Crippen molar-refractivity contribution in [2.45, 2.75) is 33.7 Å². The quantitative estimate of drug-likeness (QED) is 0.319. The molecule has 0 saturated heterocycles. The van der Waals surface area contributed by atoms with Crippen molar-refractivity contribution in [3.63, 3.8) is 0 Å². The van der Waals surface area contributed by atoms with Gasteiger partial charge in [0.05, 0.1) is 23.7 Å². The predicted molar refractivity (Wildman–Crippen MR) is 126 cm³/mol. The third-order valence-electron chi connectivity index (χ3n) is 5.68. The fourth-order valence-electron chi connectivity index (χ4n) is 3.91. The van der Waals surface area contributed by atoms with Crippen LogP contribution in [0.4, 0.5) is 0 Å². The summed E-state index contributed by atoms with van der Waals surface area (Å²) in [5, 5.41) is 0.493. The number of Topliss-reactive ketones (excluding diaryl/α,β-unsaturated/α-hetero) is 1. The number of para-hydroxylation sites is 1. The third-order valence-corrected chi connectivity index (χ3v) is 5.68. The third kappa shape index (κ3) is 4.62. The monoisotopic (exact) mass is 443 g/mol. The molecule has 168 valence electrons. The summed E-state index contributed by atoms with van der Waals surface area (Å²) >= 11 is 0. The fourth-order valence-corrected chi connectivity index (χ4v) is 3.91. The summed E-state index contributed by atoms with van der Waals surface area (Å²) in [5.74, 6) is -0.810. The molecule has 0 aliphatic rings. The van der Waals surface area contributed by atoms with E-state index in [1.807, 2.05) is 61.7 Å². The molecule has 7 heteroatoms. The van der Waals surface area contributed by atoms with Gasteiger partial charge in [0, 0.05) is 29.2 Å². The summed E-state index contributed by atoms with van der Waals surface area (Å²) in [7, 11) is 0. The minimum Gasteiger partial charge on any atom is -0.457 e. The lowest BCUT2D eigenvalue weighted by atomic mass is 10.1. The van der Waals surface area contributed by atoms with Crippen LogP contribution in [0.2, 0.25) is 0 Å². The molecule has 0 N–H and O–H groups in total. The number of nitrogens with zero attached hydrogens (tertiary/aromatic N) is 3. The maximum atomic E-state index is 12.7. The molecular weight excluding hydrogens is 418 g/mol. The molecule has 33 heavy (non-hydrogen) atoms. The zero-order valence-corrected chi connectivity index (χ0v) is 18.9. The average molecular weight is 444 g/mol. The lowest BCUT2D eigenvalue weighted by Gasteiger charge is -2.10. The number of carbonyl (C=O) groups is 2. The lowest BCUT2D eigenvalue weighted by molar-refractivity contribution is -0.142. The maximum absolute atomic E-state index is 12.7. The molecular formula is C26H25N3O4. The number of benzene rings is 2. The van der Waals surface area contributed by atoms with Crippen molar-refractivity contribution in [2.24, 2.45) is 0 Å². The smallest absolute Gasteiger partial charge is 0.308 e. The zero-order chi connectivity index (χ0) is 23.5. The number of ether oxygens (including phenoxy) is 1. The van der Waals surface area contributed by atoms with Crippen LogP contribution in [0, 0.1) is 20.8 Å². The van der Waals surface area contributed by atoms with E-state index < -0.39 is 5.97 Å². The SMILES string of the molecule is Cc1ccc(-n2c(C)cc(C(=O)COC(=O)CCn3cnc4ccccc4c3=O)c2C)cc1. The summed E-state index contributed by atoms with van der Waals surface area (Å²) in [5.41, 5.74) is 4.77. The van der Waals surface area contributed by atoms with E-state index in [1.54, 1.807) is 18.2 Å². The van der Waals surface area contributed by atoms with Gasteiger partial charge >= 0.3 is 5.97 Å². The second kappa shape index (κ2) is 9.24. The molecule has 4 aromatic rings. The van der Waals surface area contributed by atoms with Gasteiger partial charge in [-0.2, -0.15) is 0 Å². The van der Waals surface area contributed by atoms with Gasteiger partial charge in [-0.3, -0.25) is 19.0 Å². The molecule has 0 radical (unpaired) electrons. The maximum Gasteiger partial charge on any atom is 0.308 e. The Morgan fingerprint density at radius 3 is 2.48 bits per heavy atom. The Morgan fingerprint density at radius 2 is 1.73 bits per heavy atom. The van der Waals surface area contributed by atoms with Crippen molar-refractivity contribution in [3.05, 3.63) is 93.8 Å². The molecule has 4 rings (SSSR count). The van der Waals surface area contributed by atoms with Crippen LogP contribution in [0.3, 0.4) is 0 Å². The number of aryl methyl sites for hydroxylation is 3. The molecule has 0 amide bonds. The van der Waals surface area contributed by atoms with E-state index in [4.69, 9.17) is 4.74 Å². The first-order valence-corrected chi connectivity index (χ1v) is 10.7. The molecule has 0 unspecified atom stereocenters. The molecule has 0 atom stereocenters. The molecule has 2 heterocycles. The van der Waals surface area contributed by atoms with Crippen molar-refractivity contribution < 1.29 is 14.3 Å². The predicted octanol–water partition coefficient (Wildman–Crippen LogP) is 3.93. The summed E-state index contributed by atoms with van der Waals surface area (Å²) in [6.07, 6.45) is 1.39. The van der Waals surface area contributed by atoms with Crippen LogP contribution in [0.25, 0.3) is 16.6 Å². The summed E-state index contributed by atoms with van der Waals surface area (Å²) in [4.78, 5) is 41.7. The van der Waals surface area contributed by atoms with Crippen molar-refractivity contribution in [2.75, 3.05) is 6.61 Å². The van der Waals surface area contributed by atoms with E-state index in [0.717, 1.165) is 22.6 Å². The van der Waals surface area contributed by atoms with Gasteiger partial charge in [0.15, 0.2) is 6.61 Å². The normalized spacial score (nSPS) is 11.0. The Hall–Kier alpha value is -4.00. The highest BCUT2D eigenvalue weighted by Gasteiger charge is 2.18. The van der Waals surface area contributed by atoms with Crippen molar-refractivity contribution in [3.8, 4) is 5.69 Å². The number of hydrogen-bond donors (Lipinski definition) is 0. The molecule has 0 spiro atoms. The van der Waals surface area contributed by atoms with Gasteiger partial charge in [-0.1, -0.05) is 29.8 Å². The van der Waals surface area contributed by atoms with Crippen LogP contribution in [0.5, 0.6) is 0 Å². The molecule has 0 saturated carbocycles. The van der Waals surface area contributed by atoms with E-state index in [9.17, 15) is 14.4 Å². The number of aromatic nitrogens is 3. The van der Waals surface area contributed by atoms with E-state index >= 15 is 0 Å². The molecule has 2 aromatic carbocycles. The van der Waals surface area contributed by atoms with Crippen molar-refractivity contribution in [1.29, 1.82) is 0 Å². The Bertz CT molecular complexity index is 1400. The van der Waals surface area contributed by atoms with Gasteiger partial charge in [0.25, 0.3) is 5.56 Å². The number of esters is 1. The largest absolute Gasteiger partial charge is 0.457 e. The van der Waals surface area contributed by atoms with Gasteiger partial charge in [0.2, 0.25) is 5.78 Å². The number of fused-ring (bicyclic) bond motifs is 1. The molecule has 0 fully saturated rings. The number of ketones is 1. The van der Waals surface area contributed by atoms with Crippen LogP contribution in [0.1, 0.15) is 33.7 Å². The number of carbonyl (C=O) groups excluding carboxylic acids is 2. The highest BCUT2D eigenvalue weighted by Crippen LogP contribution is 2.21. The first-order chi connectivity index (χ1) is 15.8. The zero-order valence-electron chi connectivity index (χ0n) is 18.9. The molecule has 0 aliphatic heterocycles. The fraction of sp³-hybridized carbons (Fsp3) is 0.231. The average Bonchev–Trinajstić information content (AvgIpc) is 3.11. The van der Waals surface area contributed by atoms with E-state index in [-0.39, 0.29) is 30.9 Å². The summed E-state index contributed by atoms with van der Waals surface area (Å²) in [6.45, 7) is 5.62. The van der Waals surface area contributed by atoms with Crippen LogP contribution in [-0.4, -0.2) is 32.5 Å². The first-order valence-electron chi connectivity index (χ1n) is 10.7. The van der Waals surface area contributed by atoms with Crippen LogP contribution >= 0.6 is 0 Å². The highest BCUT2D eigenvalue weighted by molar-refractivity contribution is 5.99. The molecule has 7 nitrogen and oxygen atoms in total. The Balaban J connectivity index is 1.39. The minimum atomic E-state index is -0.546. The van der Waals surface area contributed by atoms with Crippen molar-refractivity contribution in [1.82, 2.24) is 14.1 Å². The van der Waals surface area contributed by atoms with E-state index in [0.29, 0.717) is 16.5 Å². The van der Waals surface area contributed by atoms with Gasteiger partial charge in [0.1, 0.15) is 0 Å². The molecule has 0 aliphatic carbocycles. The molecule has 0 bridgehead atoms. The highest BCUT2D eigenvalue weighted by atomic mass is 16.5. The Kier molecular flexibility index (Phi) is 6.22. The second-order valence-corrected chi connectivity index (χ2v) is 8.05. The van der Waals surface area contributed by atoms with Crippen LogP contribution in [0.15, 0.2) is 65.7 Å². The van der Waals surface area contributed by atoms with Crippen LogP contribution < -0.4 is 5.56 Å². The van der Waals surface area contributed by atoms with Gasteiger partial charge in [-0.15, -0.1) is 0 Å². The van der Waals surface area contributed by atoms with Crippen molar-refractivity contribution >= 4 is 22.7 Å².